The number of carbonyl (C=O) groups is 2. The molecule has 0 saturated carbocycles. The van der Waals surface area contributed by atoms with Gasteiger partial charge in [0, 0.05) is 41.6 Å². The van der Waals surface area contributed by atoms with Gasteiger partial charge in [-0.25, -0.2) is 4.98 Å². The molecule has 3 rings (SSSR count). The Hall–Kier alpha value is -1.77. The summed E-state index contributed by atoms with van der Waals surface area (Å²) in [7, 11) is 0. The van der Waals surface area contributed by atoms with Gasteiger partial charge in [0.05, 0.1) is 12.1 Å². The first kappa shape index (κ1) is 21.9. The smallest absolute Gasteiger partial charge is 0.233 e. The molecule has 1 saturated heterocycles. The molecule has 6 nitrogen and oxygen atoms in total. The fraction of sp³-hybridized carbons (Fsp3) is 0.476. The monoisotopic (exact) mass is 478 g/mol. The highest BCUT2D eigenvalue weighted by atomic mass is 79.9. The van der Waals surface area contributed by atoms with Gasteiger partial charge in [0.25, 0.3) is 0 Å². The third-order valence-electron chi connectivity index (χ3n) is 5.13. The van der Waals surface area contributed by atoms with Crippen LogP contribution in [0.1, 0.15) is 32.4 Å². The minimum absolute atomic E-state index is 0.0138. The molecular formula is C21H27BrN4O2S. The second-order valence-electron chi connectivity index (χ2n) is 7.00. The van der Waals surface area contributed by atoms with E-state index in [1.807, 2.05) is 34.5 Å². The molecule has 0 aliphatic carbocycles. The molecule has 29 heavy (non-hydrogen) atoms. The fourth-order valence-corrected chi connectivity index (χ4v) is 4.68. The van der Waals surface area contributed by atoms with Gasteiger partial charge in [-0.15, -0.1) is 11.3 Å². The number of thiazole rings is 1. The number of hydrogen-bond acceptors (Lipinski definition) is 5. The second kappa shape index (κ2) is 10.3. The van der Waals surface area contributed by atoms with Gasteiger partial charge in [-0.1, -0.05) is 35.8 Å². The van der Waals surface area contributed by atoms with E-state index in [4.69, 9.17) is 0 Å². The lowest BCUT2D eigenvalue weighted by Crippen LogP contribution is -2.39. The van der Waals surface area contributed by atoms with Gasteiger partial charge in [0.1, 0.15) is 0 Å². The van der Waals surface area contributed by atoms with Crippen LogP contribution in [0.5, 0.6) is 0 Å². The fourth-order valence-electron chi connectivity index (χ4n) is 3.43. The van der Waals surface area contributed by atoms with Crippen molar-refractivity contribution in [2.45, 2.75) is 33.1 Å². The average molecular weight is 479 g/mol. The van der Waals surface area contributed by atoms with Crippen LogP contribution < -0.4 is 9.80 Å². The van der Waals surface area contributed by atoms with Crippen molar-refractivity contribution in [3.8, 4) is 0 Å². The molecule has 2 heterocycles. The van der Waals surface area contributed by atoms with E-state index in [0.29, 0.717) is 24.6 Å². The van der Waals surface area contributed by atoms with Gasteiger partial charge in [-0.3, -0.25) is 14.5 Å². The minimum Gasteiger partial charge on any atom is -0.311 e. The lowest BCUT2D eigenvalue weighted by molar-refractivity contribution is -0.118. The van der Waals surface area contributed by atoms with Crippen molar-refractivity contribution in [2.24, 2.45) is 0 Å². The normalized spacial score (nSPS) is 14.1. The van der Waals surface area contributed by atoms with Crippen LogP contribution in [0.4, 0.5) is 10.8 Å². The molecule has 8 heteroatoms. The van der Waals surface area contributed by atoms with Gasteiger partial charge >= 0.3 is 0 Å². The number of hydrogen-bond donors (Lipinski definition) is 0. The topological polar surface area (TPSA) is 56.8 Å². The zero-order valence-electron chi connectivity index (χ0n) is 16.9. The summed E-state index contributed by atoms with van der Waals surface area (Å²) in [6, 6.07) is 7.82. The summed E-state index contributed by atoms with van der Waals surface area (Å²) in [6.45, 7) is 8.32. The Balaban J connectivity index is 1.73. The Morgan fingerprint density at radius 2 is 2.07 bits per heavy atom. The Labute approximate surface area is 184 Å². The highest BCUT2D eigenvalue weighted by molar-refractivity contribution is 9.10. The van der Waals surface area contributed by atoms with Crippen LogP contribution in [0.25, 0.3) is 0 Å². The summed E-state index contributed by atoms with van der Waals surface area (Å²) < 4.78 is 0.944. The first-order valence-corrected chi connectivity index (χ1v) is 11.7. The van der Waals surface area contributed by atoms with Crippen LogP contribution in [-0.4, -0.2) is 54.4 Å². The van der Waals surface area contributed by atoms with Crippen molar-refractivity contribution in [1.29, 1.82) is 0 Å². The van der Waals surface area contributed by atoms with Crippen molar-refractivity contribution in [3.63, 3.8) is 0 Å². The number of carbonyl (C=O) groups excluding carboxylic acids is 2. The van der Waals surface area contributed by atoms with Crippen molar-refractivity contribution in [2.75, 3.05) is 42.5 Å². The predicted molar refractivity (Wildman–Crippen MR) is 122 cm³/mol. The van der Waals surface area contributed by atoms with Gasteiger partial charge in [-0.05, 0) is 37.7 Å². The largest absolute Gasteiger partial charge is 0.311 e. The number of nitrogens with zero attached hydrogens (tertiary/aromatic N) is 4. The van der Waals surface area contributed by atoms with Gasteiger partial charge in [-0.2, -0.15) is 0 Å². The lowest BCUT2D eigenvalue weighted by Gasteiger charge is -2.26. The second-order valence-corrected chi connectivity index (χ2v) is 8.75. The molecule has 0 unspecified atom stereocenters. The van der Waals surface area contributed by atoms with Gasteiger partial charge in [0.15, 0.2) is 5.13 Å². The molecule has 0 bridgehead atoms. The quantitative estimate of drug-likeness (QED) is 0.547. The molecule has 0 spiro atoms. The van der Waals surface area contributed by atoms with E-state index < -0.39 is 0 Å². The summed E-state index contributed by atoms with van der Waals surface area (Å²) in [6.07, 6.45) is 1.67. The van der Waals surface area contributed by atoms with Gasteiger partial charge < -0.3 is 9.80 Å². The maximum absolute atomic E-state index is 13.2. The molecule has 0 radical (unpaired) electrons. The molecule has 0 N–H and O–H groups in total. The van der Waals surface area contributed by atoms with E-state index in [1.54, 1.807) is 4.90 Å². The molecule has 1 aliphatic heterocycles. The minimum atomic E-state index is 0.0138. The summed E-state index contributed by atoms with van der Waals surface area (Å²) in [4.78, 5) is 35.6. The Morgan fingerprint density at radius 1 is 1.28 bits per heavy atom. The van der Waals surface area contributed by atoms with E-state index in [2.05, 4.69) is 39.7 Å². The van der Waals surface area contributed by atoms with Crippen LogP contribution in [0.2, 0.25) is 0 Å². The zero-order chi connectivity index (χ0) is 20.8. The van der Waals surface area contributed by atoms with E-state index in [0.717, 1.165) is 41.9 Å². The lowest BCUT2D eigenvalue weighted by atomic mass is 10.2. The Kier molecular flexibility index (Phi) is 7.80. The van der Waals surface area contributed by atoms with Crippen molar-refractivity contribution in [1.82, 2.24) is 9.88 Å². The van der Waals surface area contributed by atoms with E-state index in [1.165, 1.54) is 11.3 Å². The number of rotatable bonds is 9. The highest BCUT2D eigenvalue weighted by Crippen LogP contribution is 2.26. The van der Waals surface area contributed by atoms with Crippen molar-refractivity contribution >= 4 is 49.9 Å². The molecule has 0 atom stereocenters. The van der Waals surface area contributed by atoms with Crippen LogP contribution >= 0.6 is 27.3 Å². The molecule has 1 aromatic carbocycles. The van der Waals surface area contributed by atoms with E-state index >= 15 is 0 Å². The Bertz CT molecular complexity index is 853. The molecule has 2 amide bonds. The maximum atomic E-state index is 13.2. The summed E-state index contributed by atoms with van der Waals surface area (Å²) in [5.74, 6) is 0.132. The number of anilines is 2. The van der Waals surface area contributed by atoms with Crippen LogP contribution in [0, 0.1) is 0 Å². The third kappa shape index (κ3) is 5.65. The molecule has 1 aromatic heterocycles. The molecular weight excluding hydrogens is 452 g/mol. The summed E-state index contributed by atoms with van der Waals surface area (Å²) in [5.41, 5.74) is 1.60. The SMILES string of the molecule is CCN(CC)CCN(C(=O)Cc1csc(N2CCCC2=O)n1)c1cccc(Br)c1. The standard InChI is InChI=1S/C21H27BrN4O2S/c1-3-24(4-2)11-12-25(18-8-5-7-16(22)13-18)20(28)14-17-15-29-21(23-17)26-10-6-9-19(26)27/h5,7-8,13,15H,3-4,6,9-12,14H2,1-2H3. The first-order chi connectivity index (χ1) is 14.0. The number of aromatic nitrogens is 1. The molecule has 1 aliphatic rings. The van der Waals surface area contributed by atoms with Gasteiger partial charge in [0.2, 0.25) is 11.8 Å². The third-order valence-corrected chi connectivity index (χ3v) is 6.54. The summed E-state index contributed by atoms with van der Waals surface area (Å²) >= 11 is 4.94. The number of likely N-dealkylation sites (N-methyl/N-ethyl adjacent to an activating group) is 1. The Morgan fingerprint density at radius 3 is 2.72 bits per heavy atom. The molecule has 1 fully saturated rings. The average Bonchev–Trinajstić information content (AvgIpc) is 3.33. The van der Waals surface area contributed by atoms with E-state index in [-0.39, 0.29) is 18.2 Å². The predicted octanol–water partition coefficient (Wildman–Crippen LogP) is 3.95. The van der Waals surface area contributed by atoms with E-state index in [9.17, 15) is 9.59 Å². The zero-order valence-corrected chi connectivity index (χ0v) is 19.3. The maximum Gasteiger partial charge on any atom is 0.233 e. The number of amides is 2. The highest BCUT2D eigenvalue weighted by Gasteiger charge is 2.25. The van der Waals surface area contributed by atoms with Crippen LogP contribution in [0.15, 0.2) is 34.1 Å². The first-order valence-electron chi connectivity index (χ1n) is 10.0. The van der Waals surface area contributed by atoms with Crippen LogP contribution in [0.3, 0.4) is 0 Å². The number of benzene rings is 1. The molecule has 2 aromatic rings. The van der Waals surface area contributed by atoms with Crippen molar-refractivity contribution in [3.05, 3.63) is 39.8 Å². The van der Waals surface area contributed by atoms with Crippen LogP contribution in [-0.2, 0) is 16.0 Å². The number of halogens is 1. The summed E-state index contributed by atoms with van der Waals surface area (Å²) in [5, 5.41) is 2.59. The molecule has 156 valence electrons. The van der Waals surface area contributed by atoms with Crippen molar-refractivity contribution < 1.29 is 9.59 Å².